The molecule has 3 rings (SSSR count). The lowest BCUT2D eigenvalue weighted by molar-refractivity contribution is -0.384. The molecule has 0 aliphatic rings. The molecular weight excluding hydrogens is 429 g/mol. The number of amides is 1. The fourth-order valence-electron chi connectivity index (χ4n) is 2.98. The molecule has 168 valence electrons. The Balaban J connectivity index is 1.67. The molecule has 0 spiro atoms. The van der Waals surface area contributed by atoms with Crippen molar-refractivity contribution in [2.24, 2.45) is 0 Å². The van der Waals surface area contributed by atoms with Crippen molar-refractivity contribution in [1.29, 1.82) is 0 Å². The third-order valence-electron chi connectivity index (χ3n) is 4.50. The minimum absolute atomic E-state index is 0.0351. The van der Waals surface area contributed by atoms with Crippen LogP contribution in [0.15, 0.2) is 48.5 Å². The van der Waals surface area contributed by atoms with E-state index in [4.69, 9.17) is 0 Å². The summed E-state index contributed by atoms with van der Waals surface area (Å²) in [4.78, 5) is 27.0. The monoisotopic (exact) mass is 448 g/mol. The topological polar surface area (TPSA) is 126 Å². The van der Waals surface area contributed by atoms with Crippen molar-refractivity contribution >= 4 is 17.3 Å². The van der Waals surface area contributed by atoms with Gasteiger partial charge in [-0.25, -0.2) is 4.98 Å². The Hall–Kier alpha value is -3.96. The molecule has 32 heavy (non-hydrogen) atoms. The van der Waals surface area contributed by atoms with E-state index in [1.165, 1.54) is 0 Å². The number of aromatic nitrogens is 3. The van der Waals surface area contributed by atoms with E-state index in [9.17, 15) is 28.1 Å². The van der Waals surface area contributed by atoms with Gasteiger partial charge in [0.2, 0.25) is 5.91 Å². The Labute approximate surface area is 180 Å². The summed E-state index contributed by atoms with van der Waals surface area (Å²) in [6, 6.07) is 10.6. The van der Waals surface area contributed by atoms with Crippen LogP contribution >= 0.6 is 0 Å². The maximum absolute atomic E-state index is 12.8. The SMILES string of the molecule is Cc1nc(C(NC(=O)CCNc2ccc(C(F)(F)F)cc2[N+](=O)[O-])c2ccccc2)n[nH]1. The summed E-state index contributed by atoms with van der Waals surface area (Å²) in [5, 5.41) is 23.4. The van der Waals surface area contributed by atoms with Gasteiger partial charge in [-0.15, -0.1) is 0 Å². The lowest BCUT2D eigenvalue weighted by Gasteiger charge is -2.16. The third-order valence-corrected chi connectivity index (χ3v) is 4.50. The van der Waals surface area contributed by atoms with Gasteiger partial charge in [0.1, 0.15) is 17.6 Å². The number of hydrogen-bond donors (Lipinski definition) is 3. The number of rotatable bonds is 8. The number of nitrogens with zero attached hydrogens (tertiary/aromatic N) is 3. The smallest absolute Gasteiger partial charge is 0.379 e. The van der Waals surface area contributed by atoms with Gasteiger partial charge in [0, 0.05) is 19.0 Å². The number of nitro groups is 1. The number of anilines is 1. The van der Waals surface area contributed by atoms with Gasteiger partial charge in [-0.2, -0.15) is 18.3 Å². The molecule has 2 aromatic carbocycles. The number of aromatic amines is 1. The van der Waals surface area contributed by atoms with E-state index < -0.39 is 34.3 Å². The second-order valence-electron chi connectivity index (χ2n) is 6.85. The van der Waals surface area contributed by atoms with Crippen LogP contribution in [0.5, 0.6) is 0 Å². The maximum atomic E-state index is 12.8. The number of halogens is 3. The van der Waals surface area contributed by atoms with Crippen LogP contribution in [0.4, 0.5) is 24.5 Å². The fraction of sp³-hybridized carbons (Fsp3) is 0.250. The van der Waals surface area contributed by atoms with Crippen LogP contribution in [0.25, 0.3) is 0 Å². The lowest BCUT2D eigenvalue weighted by atomic mass is 10.1. The highest BCUT2D eigenvalue weighted by Crippen LogP contribution is 2.34. The van der Waals surface area contributed by atoms with Gasteiger partial charge in [0.25, 0.3) is 5.69 Å². The molecule has 0 bridgehead atoms. The number of nitro benzene ring substituents is 1. The van der Waals surface area contributed by atoms with Crippen LogP contribution in [0.2, 0.25) is 0 Å². The van der Waals surface area contributed by atoms with Gasteiger partial charge in [0.05, 0.1) is 10.5 Å². The number of aryl methyl sites for hydroxylation is 1. The summed E-state index contributed by atoms with van der Waals surface area (Å²) in [5.41, 5.74) is -1.20. The summed E-state index contributed by atoms with van der Waals surface area (Å²) in [7, 11) is 0. The molecule has 9 nitrogen and oxygen atoms in total. The van der Waals surface area contributed by atoms with E-state index in [1.807, 2.05) is 6.07 Å². The Morgan fingerprint density at radius 1 is 1.22 bits per heavy atom. The lowest BCUT2D eigenvalue weighted by Crippen LogP contribution is -2.31. The first-order chi connectivity index (χ1) is 15.1. The second-order valence-corrected chi connectivity index (χ2v) is 6.85. The predicted octanol–water partition coefficient (Wildman–Crippen LogP) is 3.75. The number of hydrogen-bond acceptors (Lipinski definition) is 6. The molecular formula is C20H19F3N6O3. The van der Waals surface area contributed by atoms with Gasteiger partial charge in [-0.05, 0) is 24.6 Å². The van der Waals surface area contributed by atoms with Gasteiger partial charge < -0.3 is 10.6 Å². The van der Waals surface area contributed by atoms with Crippen molar-refractivity contribution < 1.29 is 22.9 Å². The van der Waals surface area contributed by atoms with Crippen LogP contribution in [-0.2, 0) is 11.0 Å². The minimum Gasteiger partial charge on any atom is -0.379 e. The molecule has 1 heterocycles. The van der Waals surface area contributed by atoms with Crippen LogP contribution < -0.4 is 10.6 Å². The molecule has 1 amide bonds. The molecule has 12 heteroatoms. The Bertz CT molecular complexity index is 1100. The summed E-state index contributed by atoms with van der Waals surface area (Å²) in [6.07, 6.45) is -4.79. The van der Waals surface area contributed by atoms with E-state index in [-0.39, 0.29) is 18.7 Å². The van der Waals surface area contributed by atoms with Crippen LogP contribution in [0.1, 0.15) is 35.2 Å². The van der Waals surface area contributed by atoms with E-state index >= 15 is 0 Å². The summed E-state index contributed by atoms with van der Waals surface area (Å²) >= 11 is 0. The van der Waals surface area contributed by atoms with Crippen molar-refractivity contribution in [3.63, 3.8) is 0 Å². The average Bonchev–Trinajstić information content (AvgIpc) is 3.18. The van der Waals surface area contributed by atoms with E-state index in [1.54, 1.807) is 31.2 Å². The van der Waals surface area contributed by atoms with Crippen molar-refractivity contribution in [3.8, 4) is 0 Å². The van der Waals surface area contributed by atoms with Crippen LogP contribution in [0, 0.1) is 17.0 Å². The van der Waals surface area contributed by atoms with Gasteiger partial charge in [-0.1, -0.05) is 30.3 Å². The number of H-pyrrole nitrogens is 1. The van der Waals surface area contributed by atoms with E-state index in [0.29, 0.717) is 17.7 Å². The number of carbonyl (C=O) groups is 1. The average molecular weight is 448 g/mol. The Morgan fingerprint density at radius 2 is 1.94 bits per heavy atom. The van der Waals surface area contributed by atoms with Crippen molar-refractivity contribution in [1.82, 2.24) is 20.5 Å². The van der Waals surface area contributed by atoms with Crippen molar-refractivity contribution in [3.05, 3.63) is 81.4 Å². The first-order valence-electron chi connectivity index (χ1n) is 9.48. The molecule has 1 unspecified atom stereocenters. The number of alkyl halides is 3. The highest BCUT2D eigenvalue weighted by Gasteiger charge is 2.33. The molecule has 0 saturated heterocycles. The number of carbonyl (C=O) groups excluding carboxylic acids is 1. The molecule has 0 aliphatic heterocycles. The Kier molecular flexibility index (Phi) is 6.71. The van der Waals surface area contributed by atoms with Gasteiger partial charge in [-0.3, -0.25) is 20.0 Å². The zero-order valence-electron chi connectivity index (χ0n) is 16.8. The molecule has 3 N–H and O–H groups in total. The normalized spacial score (nSPS) is 12.2. The standard InChI is InChI=1S/C20H19F3N6O3/c1-12-25-19(28-27-12)18(13-5-3-2-4-6-13)26-17(30)9-10-24-15-8-7-14(20(21,22)23)11-16(15)29(31)32/h2-8,11,18,24H,9-10H2,1H3,(H,26,30)(H,25,27,28). The van der Waals surface area contributed by atoms with E-state index in [2.05, 4.69) is 25.8 Å². The van der Waals surface area contributed by atoms with Gasteiger partial charge >= 0.3 is 6.18 Å². The maximum Gasteiger partial charge on any atom is 0.416 e. The molecule has 3 aromatic rings. The van der Waals surface area contributed by atoms with Crippen LogP contribution in [0.3, 0.4) is 0 Å². The second kappa shape index (κ2) is 9.45. The third kappa shape index (κ3) is 5.59. The highest BCUT2D eigenvalue weighted by atomic mass is 19.4. The van der Waals surface area contributed by atoms with E-state index in [0.717, 1.165) is 17.7 Å². The first kappa shape index (κ1) is 22.7. The zero-order valence-corrected chi connectivity index (χ0v) is 16.8. The zero-order chi connectivity index (χ0) is 23.3. The van der Waals surface area contributed by atoms with Crippen molar-refractivity contribution in [2.45, 2.75) is 25.6 Å². The number of benzene rings is 2. The molecule has 1 atom stereocenters. The van der Waals surface area contributed by atoms with Gasteiger partial charge in [0.15, 0.2) is 5.82 Å². The molecule has 0 saturated carbocycles. The molecule has 0 aliphatic carbocycles. The molecule has 0 fully saturated rings. The minimum atomic E-state index is -4.70. The molecule has 1 aromatic heterocycles. The number of nitrogens with one attached hydrogen (secondary N) is 3. The van der Waals surface area contributed by atoms with Crippen LogP contribution in [-0.4, -0.2) is 32.6 Å². The summed E-state index contributed by atoms with van der Waals surface area (Å²) in [5.74, 6) is 0.545. The quantitative estimate of drug-likeness (QED) is 0.356. The predicted molar refractivity (Wildman–Crippen MR) is 109 cm³/mol. The first-order valence-corrected chi connectivity index (χ1v) is 9.48. The van der Waals surface area contributed by atoms with Crippen molar-refractivity contribution in [2.75, 3.05) is 11.9 Å². The molecule has 0 radical (unpaired) electrons. The Morgan fingerprint density at radius 3 is 2.53 bits per heavy atom. The highest BCUT2D eigenvalue weighted by molar-refractivity contribution is 5.77. The summed E-state index contributed by atoms with van der Waals surface area (Å²) in [6.45, 7) is 1.69. The fourth-order valence-corrected chi connectivity index (χ4v) is 2.98. The largest absolute Gasteiger partial charge is 0.416 e. The summed E-state index contributed by atoms with van der Waals surface area (Å²) < 4.78 is 38.4.